The Morgan fingerprint density at radius 1 is 1.30 bits per heavy atom. The van der Waals surface area contributed by atoms with Gasteiger partial charge in [0.2, 0.25) is 5.79 Å². The Kier molecular flexibility index (Phi) is 11.9. The number of aliphatic hydroxyl groups is 3. The molecule has 0 aromatic heterocycles. The van der Waals surface area contributed by atoms with E-state index < -0.39 is 5.79 Å². The van der Waals surface area contributed by atoms with Gasteiger partial charge in [0.25, 0.3) is 0 Å². The summed E-state index contributed by atoms with van der Waals surface area (Å²) in [4.78, 5) is 11.2. The Bertz CT molecular complexity index is 542. The predicted octanol–water partition coefficient (Wildman–Crippen LogP) is 4.90. The van der Waals surface area contributed by atoms with Gasteiger partial charge in [-0.15, -0.1) is 0 Å². The molecule has 0 aromatic carbocycles. The fraction of sp³-hybridized carbons (Fsp3) is 0.800. The van der Waals surface area contributed by atoms with E-state index in [2.05, 4.69) is 39.5 Å². The normalized spacial score (nSPS) is 25.5. The highest BCUT2D eigenvalue weighted by Crippen LogP contribution is 2.45. The highest BCUT2D eigenvalue weighted by atomic mass is 16.6. The van der Waals surface area contributed by atoms with Crippen molar-refractivity contribution >= 4 is 5.78 Å². The lowest BCUT2D eigenvalue weighted by atomic mass is 9.80. The number of ketones is 1. The Hall–Kier alpha value is -1.17. The van der Waals surface area contributed by atoms with E-state index in [0.29, 0.717) is 19.3 Å². The highest BCUT2D eigenvalue weighted by molar-refractivity contribution is 5.79. The van der Waals surface area contributed by atoms with E-state index in [1.807, 2.05) is 0 Å². The van der Waals surface area contributed by atoms with E-state index in [0.717, 1.165) is 51.4 Å². The molecule has 0 heterocycles. The van der Waals surface area contributed by atoms with Gasteiger partial charge in [0.1, 0.15) is 6.61 Å². The summed E-state index contributed by atoms with van der Waals surface area (Å²) in [7, 11) is 0. The maximum absolute atomic E-state index is 11.2. The van der Waals surface area contributed by atoms with Gasteiger partial charge in [-0.3, -0.25) is 4.79 Å². The third-order valence-electron chi connectivity index (χ3n) is 6.66. The molecule has 2 unspecified atom stereocenters. The topological polar surface area (TPSA) is 87.0 Å². The van der Waals surface area contributed by atoms with E-state index in [1.165, 1.54) is 6.26 Å². The number of rotatable bonds is 16. The van der Waals surface area contributed by atoms with E-state index >= 15 is 0 Å². The molecule has 174 valence electrons. The van der Waals surface area contributed by atoms with E-state index in [9.17, 15) is 15.0 Å². The van der Waals surface area contributed by atoms with Crippen LogP contribution >= 0.6 is 0 Å². The van der Waals surface area contributed by atoms with Crippen molar-refractivity contribution in [2.45, 2.75) is 103 Å². The number of Topliss-reactive ketones (excluding diaryl/α,β-unsaturated/α-hetero) is 1. The molecule has 30 heavy (non-hydrogen) atoms. The largest absolute Gasteiger partial charge is 0.470 e. The standard InChI is InChI=1S/C25H44O5/c1-5-17-24(3,4)23(28)15-11-12-20-16-18-25(29,30-6-2)22(20)14-10-8-7-9-13-21(27)19-26/h6,11-12,20,22-23,26,28-29H,2,5,7-10,13-19H2,1,3-4H3/t20-,22+,23?,25?/m0/s1. The Balaban J connectivity index is 2.59. The summed E-state index contributed by atoms with van der Waals surface area (Å²) in [5.41, 5.74) is -0.0989. The third-order valence-corrected chi connectivity index (χ3v) is 6.66. The first-order valence-corrected chi connectivity index (χ1v) is 11.7. The van der Waals surface area contributed by atoms with Crippen LogP contribution in [0.5, 0.6) is 0 Å². The van der Waals surface area contributed by atoms with Gasteiger partial charge in [0.15, 0.2) is 5.78 Å². The van der Waals surface area contributed by atoms with E-state index in [1.54, 1.807) is 0 Å². The SMILES string of the molecule is C=COC1(O)CC[C@H](C=CCC(O)C(C)(C)CCC)[C@H]1CCCCCCC(=O)CO. The molecule has 0 radical (unpaired) electrons. The molecule has 1 saturated carbocycles. The van der Waals surface area contributed by atoms with Crippen LogP contribution in [0, 0.1) is 17.3 Å². The van der Waals surface area contributed by atoms with Crippen LogP contribution in [0.1, 0.15) is 91.4 Å². The number of hydrogen-bond donors (Lipinski definition) is 3. The molecule has 3 N–H and O–H groups in total. The highest BCUT2D eigenvalue weighted by Gasteiger charge is 2.47. The summed E-state index contributed by atoms with van der Waals surface area (Å²) in [6.45, 7) is 9.61. The molecule has 0 amide bonds. The van der Waals surface area contributed by atoms with E-state index in [4.69, 9.17) is 9.84 Å². The molecule has 0 bridgehead atoms. The molecule has 0 aromatic rings. The first-order chi connectivity index (χ1) is 14.2. The molecule has 0 saturated heterocycles. The van der Waals surface area contributed by atoms with Gasteiger partial charge >= 0.3 is 0 Å². The Labute approximate surface area is 183 Å². The molecular formula is C25H44O5. The quantitative estimate of drug-likeness (QED) is 0.142. The maximum Gasteiger partial charge on any atom is 0.210 e. The molecular weight excluding hydrogens is 380 g/mol. The van der Waals surface area contributed by atoms with Crippen molar-refractivity contribution in [3.8, 4) is 0 Å². The molecule has 5 heteroatoms. The second-order valence-corrected chi connectivity index (χ2v) is 9.51. The number of hydrogen-bond acceptors (Lipinski definition) is 5. The molecule has 1 aliphatic rings. The van der Waals surface area contributed by atoms with Crippen LogP contribution in [0.25, 0.3) is 0 Å². The van der Waals surface area contributed by atoms with Crippen LogP contribution in [0.4, 0.5) is 0 Å². The average Bonchev–Trinajstić information content (AvgIpc) is 3.00. The minimum Gasteiger partial charge on any atom is -0.470 e. The second kappa shape index (κ2) is 13.3. The maximum atomic E-state index is 11.2. The van der Waals surface area contributed by atoms with Crippen molar-refractivity contribution in [1.82, 2.24) is 0 Å². The summed E-state index contributed by atoms with van der Waals surface area (Å²) in [5.74, 6) is -1.07. The predicted molar refractivity (Wildman–Crippen MR) is 121 cm³/mol. The van der Waals surface area contributed by atoms with Crippen molar-refractivity contribution in [2.75, 3.05) is 6.61 Å². The summed E-state index contributed by atoms with van der Waals surface area (Å²) < 4.78 is 5.53. The van der Waals surface area contributed by atoms with E-state index in [-0.39, 0.29) is 35.7 Å². The number of allylic oxidation sites excluding steroid dienone is 1. The van der Waals surface area contributed by atoms with Gasteiger partial charge in [-0.25, -0.2) is 0 Å². The summed E-state index contributed by atoms with van der Waals surface area (Å²) in [5, 5.41) is 30.3. The minimum atomic E-state index is -1.18. The number of aliphatic hydroxyl groups excluding tert-OH is 2. The first kappa shape index (κ1) is 26.9. The van der Waals surface area contributed by atoms with Gasteiger partial charge in [-0.1, -0.05) is 65.2 Å². The fourth-order valence-corrected chi connectivity index (χ4v) is 4.69. The number of unbranched alkanes of at least 4 members (excludes halogenated alkanes) is 3. The average molecular weight is 425 g/mol. The molecule has 4 atom stereocenters. The summed E-state index contributed by atoms with van der Waals surface area (Å²) in [6, 6.07) is 0. The van der Waals surface area contributed by atoms with Crippen LogP contribution in [-0.4, -0.2) is 39.6 Å². The van der Waals surface area contributed by atoms with Gasteiger partial charge < -0.3 is 20.1 Å². The summed E-state index contributed by atoms with van der Waals surface area (Å²) in [6.07, 6.45) is 14.2. The minimum absolute atomic E-state index is 0.00776. The third kappa shape index (κ3) is 8.52. The van der Waals surface area contributed by atoms with Crippen molar-refractivity contribution in [2.24, 2.45) is 17.3 Å². The Morgan fingerprint density at radius 2 is 2.00 bits per heavy atom. The molecule has 1 rings (SSSR count). The molecule has 1 fully saturated rings. The number of ether oxygens (including phenoxy) is 1. The Morgan fingerprint density at radius 3 is 2.63 bits per heavy atom. The lowest BCUT2D eigenvalue weighted by Gasteiger charge is -2.31. The lowest BCUT2D eigenvalue weighted by Crippen LogP contribution is -2.36. The van der Waals surface area contributed by atoms with Gasteiger partial charge in [-0.05, 0) is 43.4 Å². The zero-order chi connectivity index (χ0) is 22.6. The van der Waals surface area contributed by atoms with Crippen molar-refractivity contribution in [3.63, 3.8) is 0 Å². The number of carbonyl (C=O) groups excluding carboxylic acids is 1. The molecule has 5 nitrogen and oxygen atoms in total. The summed E-state index contributed by atoms with van der Waals surface area (Å²) >= 11 is 0. The smallest absolute Gasteiger partial charge is 0.210 e. The van der Waals surface area contributed by atoms with Gasteiger partial charge in [0, 0.05) is 18.8 Å². The van der Waals surface area contributed by atoms with Crippen LogP contribution < -0.4 is 0 Å². The van der Waals surface area contributed by atoms with Crippen molar-refractivity contribution < 1.29 is 24.9 Å². The van der Waals surface area contributed by atoms with Gasteiger partial charge in [-0.2, -0.15) is 0 Å². The molecule has 1 aliphatic carbocycles. The fourth-order valence-electron chi connectivity index (χ4n) is 4.69. The number of carbonyl (C=O) groups is 1. The monoisotopic (exact) mass is 424 g/mol. The van der Waals surface area contributed by atoms with Crippen LogP contribution in [0.2, 0.25) is 0 Å². The van der Waals surface area contributed by atoms with Crippen molar-refractivity contribution in [1.29, 1.82) is 0 Å². The van der Waals surface area contributed by atoms with Crippen LogP contribution in [0.3, 0.4) is 0 Å². The first-order valence-electron chi connectivity index (χ1n) is 11.7. The molecule has 0 spiro atoms. The lowest BCUT2D eigenvalue weighted by molar-refractivity contribution is -0.195. The zero-order valence-corrected chi connectivity index (χ0v) is 19.3. The zero-order valence-electron chi connectivity index (χ0n) is 19.3. The van der Waals surface area contributed by atoms with Crippen LogP contribution in [-0.2, 0) is 9.53 Å². The molecule has 0 aliphatic heterocycles. The second-order valence-electron chi connectivity index (χ2n) is 9.51. The van der Waals surface area contributed by atoms with Crippen LogP contribution in [0.15, 0.2) is 25.0 Å². The van der Waals surface area contributed by atoms with Gasteiger partial charge in [0.05, 0.1) is 12.4 Å². The van der Waals surface area contributed by atoms with Crippen molar-refractivity contribution in [3.05, 3.63) is 25.0 Å².